The molecule has 0 aliphatic carbocycles. The van der Waals surface area contributed by atoms with Crippen molar-refractivity contribution in [1.29, 1.82) is 0 Å². The largest absolute Gasteiger partial charge is 0.392 e. The molecule has 0 radical (unpaired) electrons. The number of hydrogen-bond donors (Lipinski definition) is 2. The number of nitrogens with one attached hydrogen (secondary N) is 1. The van der Waals surface area contributed by atoms with Gasteiger partial charge < -0.3 is 5.11 Å². The number of nitrogens with zero attached hydrogens (tertiary/aromatic N) is 2. The molecule has 2 aromatic rings. The summed E-state index contributed by atoms with van der Waals surface area (Å²) in [4.78, 5) is 0.0721. The lowest BCUT2D eigenvalue weighted by Crippen LogP contribution is -2.13. The molecular formula is C11H12BrN3O3S. The maximum Gasteiger partial charge on any atom is 0.263 e. The number of hydrogen-bond acceptors (Lipinski definition) is 4. The third-order valence-electron chi connectivity index (χ3n) is 2.42. The van der Waals surface area contributed by atoms with Crippen LogP contribution >= 0.6 is 15.9 Å². The lowest BCUT2D eigenvalue weighted by molar-refractivity contribution is 0.281. The molecule has 0 atom stereocenters. The summed E-state index contributed by atoms with van der Waals surface area (Å²) in [5.74, 6) is 0. The van der Waals surface area contributed by atoms with Crippen LogP contribution in [0.1, 0.15) is 5.56 Å². The SMILES string of the molecule is Cn1cc(NS(=O)(=O)c2cc(CO)ccc2Br)cn1. The van der Waals surface area contributed by atoms with Crippen LogP contribution in [0.2, 0.25) is 0 Å². The van der Waals surface area contributed by atoms with Gasteiger partial charge in [-0.3, -0.25) is 9.40 Å². The van der Waals surface area contributed by atoms with Gasteiger partial charge in [0.05, 0.1) is 18.5 Å². The summed E-state index contributed by atoms with van der Waals surface area (Å²) >= 11 is 3.19. The average Bonchev–Trinajstić information content (AvgIpc) is 2.74. The topological polar surface area (TPSA) is 84.2 Å². The first-order valence-electron chi connectivity index (χ1n) is 5.33. The Kier molecular flexibility index (Phi) is 3.93. The van der Waals surface area contributed by atoms with Crippen molar-refractivity contribution in [2.45, 2.75) is 11.5 Å². The van der Waals surface area contributed by atoms with Gasteiger partial charge in [0.15, 0.2) is 0 Å². The molecule has 8 heteroatoms. The van der Waals surface area contributed by atoms with Crippen molar-refractivity contribution in [3.05, 3.63) is 40.6 Å². The first-order valence-corrected chi connectivity index (χ1v) is 7.61. The minimum absolute atomic E-state index is 0.0721. The number of benzene rings is 1. The van der Waals surface area contributed by atoms with Crippen LogP contribution in [0.15, 0.2) is 40.0 Å². The number of sulfonamides is 1. The fourth-order valence-electron chi connectivity index (χ4n) is 1.54. The van der Waals surface area contributed by atoms with E-state index in [2.05, 4.69) is 25.8 Å². The van der Waals surface area contributed by atoms with Crippen molar-refractivity contribution in [1.82, 2.24) is 9.78 Å². The summed E-state index contributed by atoms with van der Waals surface area (Å²) in [5.41, 5.74) is 0.901. The van der Waals surface area contributed by atoms with E-state index in [4.69, 9.17) is 5.11 Å². The molecule has 2 rings (SSSR count). The molecule has 0 aliphatic heterocycles. The first-order chi connectivity index (χ1) is 8.92. The van der Waals surface area contributed by atoms with E-state index in [1.165, 1.54) is 16.9 Å². The Labute approximate surface area is 119 Å². The van der Waals surface area contributed by atoms with Crippen LogP contribution in [-0.2, 0) is 23.7 Å². The number of aliphatic hydroxyl groups is 1. The Hall–Kier alpha value is -1.38. The second kappa shape index (κ2) is 5.32. The fraction of sp³-hybridized carbons (Fsp3) is 0.182. The summed E-state index contributed by atoms with van der Waals surface area (Å²) in [6.45, 7) is -0.220. The van der Waals surface area contributed by atoms with E-state index in [0.717, 1.165) is 0 Å². The summed E-state index contributed by atoms with van der Waals surface area (Å²) < 4.78 is 28.8. The molecule has 0 fully saturated rings. The van der Waals surface area contributed by atoms with Crippen molar-refractivity contribution in [2.75, 3.05) is 4.72 Å². The fourth-order valence-corrected chi connectivity index (χ4v) is 3.58. The Morgan fingerprint density at radius 2 is 2.21 bits per heavy atom. The second-order valence-corrected chi connectivity index (χ2v) is 6.44. The predicted octanol–water partition coefficient (Wildman–Crippen LogP) is 1.48. The standard InChI is InChI=1S/C11H12BrN3O3S/c1-15-6-9(5-13-15)14-19(17,18)11-4-8(7-16)2-3-10(11)12/h2-6,14,16H,7H2,1H3. The van der Waals surface area contributed by atoms with E-state index < -0.39 is 10.0 Å². The normalized spacial score (nSPS) is 11.5. The number of aliphatic hydroxyl groups excluding tert-OH is 1. The molecule has 2 N–H and O–H groups in total. The molecule has 0 bridgehead atoms. The van der Waals surface area contributed by atoms with Gasteiger partial charge in [-0.15, -0.1) is 0 Å². The molecule has 0 amide bonds. The molecule has 0 saturated heterocycles. The molecular weight excluding hydrogens is 334 g/mol. The number of aryl methyl sites for hydroxylation is 1. The second-order valence-electron chi connectivity index (χ2n) is 3.93. The molecule has 102 valence electrons. The average molecular weight is 346 g/mol. The highest BCUT2D eigenvalue weighted by Gasteiger charge is 2.18. The zero-order valence-corrected chi connectivity index (χ0v) is 12.4. The molecule has 1 aromatic carbocycles. The third-order valence-corrected chi connectivity index (χ3v) is 4.80. The molecule has 0 spiro atoms. The van der Waals surface area contributed by atoms with Gasteiger partial charge in [0, 0.05) is 17.7 Å². The molecule has 0 saturated carbocycles. The van der Waals surface area contributed by atoms with Crippen molar-refractivity contribution in [3.8, 4) is 0 Å². The first kappa shape index (κ1) is 14.0. The van der Waals surface area contributed by atoms with Gasteiger partial charge in [-0.25, -0.2) is 8.42 Å². The Balaban J connectivity index is 2.39. The van der Waals surface area contributed by atoms with Crippen LogP contribution in [0.25, 0.3) is 0 Å². The Bertz CT molecular complexity index is 697. The van der Waals surface area contributed by atoms with Gasteiger partial charge in [0.2, 0.25) is 0 Å². The molecule has 0 unspecified atom stereocenters. The predicted molar refractivity (Wildman–Crippen MR) is 74.1 cm³/mol. The van der Waals surface area contributed by atoms with Crippen molar-refractivity contribution in [3.63, 3.8) is 0 Å². The van der Waals surface area contributed by atoms with Crippen molar-refractivity contribution >= 4 is 31.6 Å². The van der Waals surface area contributed by atoms with Gasteiger partial charge >= 0.3 is 0 Å². The highest BCUT2D eigenvalue weighted by Crippen LogP contribution is 2.25. The summed E-state index contributed by atoms with van der Waals surface area (Å²) in [7, 11) is -2.03. The Morgan fingerprint density at radius 3 is 2.79 bits per heavy atom. The van der Waals surface area contributed by atoms with Crippen LogP contribution in [0.3, 0.4) is 0 Å². The van der Waals surface area contributed by atoms with Gasteiger partial charge in [-0.1, -0.05) is 6.07 Å². The zero-order valence-electron chi connectivity index (χ0n) is 10.0. The molecule has 1 aromatic heterocycles. The van der Waals surface area contributed by atoms with Crippen molar-refractivity contribution in [2.24, 2.45) is 7.05 Å². The van der Waals surface area contributed by atoms with Gasteiger partial charge in [0.1, 0.15) is 4.90 Å². The van der Waals surface area contributed by atoms with Crippen LogP contribution in [0.5, 0.6) is 0 Å². The molecule has 1 heterocycles. The lowest BCUT2D eigenvalue weighted by Gasteiger charge is -2.09. The van der Waals surface area contributed by atoms with Gasteiger partial charge in [-0.2, -0.15) is 5.10 Å². The number of rotatable bonds is 4. The molecule has 19 heavy (non-hydrogen) atoms. The maximum atomic E-state index is 12.2. The van der Waals surface area contributed by atoms with Gasteiger partial charge in [0.25, 0.3) is 10.0 Å². The van der Waals surface area contributed by atoms with E-state index in [-0.39, 0.29) is 11.5 Å². The highest BCUT2D eigenvalue weighted by atomic mass is 79.9. The number of halogens is 1. The Morgan fingerprint density at radius 1 is 1.47 bits per heavy atom. The van der Waals surface area contributed by atoms with Crippen LogP contribution in [0, 0.1) is 0 Å². The van der Waals surface area contributed by atoms with E-state index >= 15 is 0 Å². The maximum absolute atomic E-state index is 12.2. The highest BCUT2D eigenvalue weighted by molar-refractivity contribution is 9.10. The third kappa shape index (κ3) is 3.14. The summed E-state index contributed by atoms with van der Waals surface area (Å²) in [6.07, 6.45) is 2.97. The quantitative estimate of drug-likeness (QED) is 0.878. The van der Waals surface area contributed by atoms with E-state index in [0.29, 0.717) is 15.7 Å². The van der Waals surface area contributed by atoms with Crippen LogP contribution in [-0.4, -0.2) is 23.3 Å². The van der Waals surface area contributed by atoms with E-state index in [1.807, 2.05) is 0 Å². The summed E-state index contributed by atoms with van der Waals surface area (Å²) in [6, 6.07) is 4.65. The van der Waals surface area contributed by atoms with Crippen LogP contribution < -0.4 is 4.72 Å². The smallest absolute Gasteiger partial charge is 0.263 e. The number of aromatic nitrogens is 2. The van der Waals surface area contributed by atoms with Crippen LogP contribution in [0.4, 0.5) is 5.69 Å². The minimum atomic E-state index is -3.72. The van der Waals surface area contributed by atoms with Gasteiger partial charge in [-0.05, 0) is 33.6 Å². The van der Waals surface area contributed by atoms with Crippen molar-refractivity contribution < 1.29 is 13.5 Å². The summed E-state index contributed by atoms with van der Waals surface area (Å²) in [5, 5.41) is 13.0. The molecule has 0 aliphatic rings. The number of anilines is 1. The molecule has 6 nitrogen and oxygen atoms in total. The monoisotopic (exact) mass is 345 g/mol. The minimum Gasteiger partial charge on any atom is -0.392 e. The zero-order chi connectivity index (χ0) is 14.0. The lowest BCUT2D eigenvalue weighted by atomic mass is 10.2. The van der Waals surface area contributed by atoms with E-state index in [1.54, 1.807) is 25.4 Å². The van der Waals surface area contributed by atoms with E-state index in [9.17, 15) is 8.42 Å².